The Bertz CT molecular complexity index is 567. The summed E-state index contributed by atoms with van der Waals surface area (Å²) in [5.41, 5.74) is 6.32. The van der Waals surface area contributed by atoms with E-state index in [4.69, 9.17) is 0 Å². The molecule has 2 aromatic carbocycles. The second kappa shape index (κ2) is 3.60. The van der Waals surface area contributed by atoms with Gasteiger partial charge in [0.25, 0.3) is 0 Å². The molecule has 0 saturated heterocycles. The minimum atomic E-state index is 0.788. The maximum absolute atomic E-state index is 4.62. The fourth-order valence-corrected chi connectivity index (χ4v) is 2.24. The zero-order valence-corrected chi connectivity index (χ0v) is 9.27. The molecular weight excluding hydrogens is 194 g/mol. The van der Waals surface area contributed by atoms with Gasteiger partial charge in [-0.25, -0.2) is 0 Å². The van der Waals surface area contributed by atoms with E-state index in [1.807, 2.05) is 0 Å². The molecule has 0 aliphatic carbocycles. The van der Waals surface area contributed by atoms with Gasteiger partial charge in [-0.1, -0.05) is 48.5 Å². The molecular formula is C15H13N. The highest BCUT2D eigenvalue weighted by Crippen LogP contribution is 2.30. The lowest BCUT2D eigenvalue weighted by Gasteiger charge is -2.08. The van der Waals surface area contributed by atoms with Gasteiger partial charge in [0.15, 0.2) is 0 Å². The number of fused-ring (bicyclic) bond motifs is 3. The predicted octanol–water partition coefficient (Wildman–Crippen LogP) is 3.68. The molecule has 0 fully saturated rings. The van der Waals surface area contributed by atoms with Crippen molar-refractivity contribution in [1.82, 2.24) is 0 Å². The molecule has 0 amide bonds. The predicted molar refractivity (Wildman–Crippen MR) is 67.8 cm³/mol. The van der Waals surface area contributed by atoms with E-state index in [1.165, 1.54) is 22.3 Å². The second-order valence-electron chi connectivity index (χ2n) is 4.10. The minimum Gasteiger partial charge on any atom is -0.285 e. The van der Waals surface area contributed by atoms with Crippen LogP contribution < -0.4 is 0 Å². The third-order valence-corrected chi connectivity index (χ3v) is 3.11. The summed E-state index contributed by atoms with van der Waals surface area (Å²) in [5.74, 6) is 0. The summed E-state index contributed by atoms with van der Waals surface area (Å²) in [6, 6.07) is 17.0. The van der Waals surface area contributed by atoms with Crippen LogP contribution in [0.4, 0.5) is 0 Å². The van der Waals surface area contributed by atoms with Crippen molar-refractivity contribution in [2.24, 2.45) is 4.99 Å². The van der Waals surface area contributed by atoms with E-state index in [1.54, 1.807) is 0 Å². The Morgan fingerprint density at radius 1 is 0.812 bits per heavy atom. The summed E-state index contributed by atoms with van der Waals surface area (Å²) >= 11 is 0. The molecule has 1 heterocycles. The molecule has 3 rings (SSSR count). The van der Waals surface area contributed by atoms with E-state index < -0.39 is 0 Å². The molecule has 0 saturated carbocycles. The lowest BCUT2D eigenvalue weighted by Crippen LogP contribution is -1.95. The van der Waals surface area contributed by atoms with Crippen LogP contribution in [0.3, 0.4) is 0 Å². The Morgan fingerprint density at radius 3 is 2.25 bits per heavy atom. The third-order valence-electron chi connectivity index (χ3n) is 3.11. The highest BCUT2D eigenvalue weighted by atomic mass is 14.7. The van der Waals surface area contributed by atoms with Gasteiger partial charge in [-0.15, -0.1) is 0 Å². The van der Waals surface area contributed by atoms with Crippen LogP contribution in [-0.2, 0) is 6.54 Å². The van der Waals surface area contributed by atoms with Gasteiger partial charge in [-0.3, -0.25) is 4.99 Å². The van der Waals surface area contributed by atoms with Crippen molar-refractivity contribution >= 4 is 5.71 Å². The van der Waals surface area contributed by atoms with Gasteiger partial charge in [0.05, 0.1) is 6.54 Å². The first-order valence-corrected chi connectivity index (χ1v) is 5.55. The van der Waals surface area contributed by atoms with E-state index in [9.17, 15) is 0 Å². The summed E-state index contributed by atoms with van der Waals surface area (Å²) < 4.78 is 0. The quantitative estimate of drug-likeness (QED) is 0.625. The number of hydrogen-bond acceptors (Lipinski definition) is 1. The zero-order valence-electron chi connectivity index (χ0n) is 9.27. The average Bonchev–Trinajstić information content (AvgIpc) is 2.49. The Balaban J connectivity index is 2.35. The lowest BCUT2D eigenvalue weighted by atomic mass is 9.95. The molecule has 2 aromatic rings. The van der Waals surface area contributed by atoms with Gasteiger partial charge >= 0.3 is 0 Å². The summed E-state index contributed by atoms with van der Waals surface area (Å²) in [6.07, 6.45) is 0. The summed E-state index contributed by atoms with van der Waals surface area (Å²) in [7, 11) is 0. The van der Waals surface area contributed by atoms with Crippen molar-refractivity contribution in [3.05, 3.63) is 59.7 Å². The SMILES string of the molecule is CC1=NCc2ccccc2-c2ccccc21. The highest BCUT2D eigenvalue weighted by Gasteiger charge is 2.13. The monoisotopic (exact) mass is 207 g/mol. The third kappa shape index (κ3) is 1.36. The largest absolute Gasteiger partial charge is 0.285 e. The first kappa shape index (κ1) is 9.34. The number of nitrogens with zero attached hydrogens (tertiary/aromatic N) is 1. The first-order valence-electron chi connectivity index (χ1n) is 5.55. The topological polar surface area (TPSA) is 12.4 Å². The van der Waals surface area contributed by atoms with Crippen molar-refractivity contribution in [2.45, 2.75) is 13.5 Å². The van der Waals surface area contributed by atoms with Crippen LogP contribution >= 0.6 is 0 Å². The molecule has 1 nitrogen and oxygen atoms in total. The minimum absolute atomic E-state index is 0.788. The summed E-state index contributed by atoms with van der Waals surface area (Å²) in [6.45, 7) is 2.88. The molecule has 0 bridgehead atoms. The van der Waals surface area contributed by atoms with Crippen LogP contribution in [0.2, 0.25) is 0 Å². The van der Waals surface area contributed by atoms with E-state index in [0.29, 0.717) is 0 Å². The lowest BCUT2D eigenvalue weighted by molar-refractivity contribution is 1.08. The number of hydrogen-bond donors (Lipinski definition) is 0. The Kier molecular flexibility index (Phi) is 2.10. The summed E-state index contributed by atoms with van der Waals surface area (Å²) in [5, 5.41) is 0. The molecule has 0 radical (unpaired) electrons. The highest BCUT2D eigenvalue weighted by molar-refractivity contribution is 6.05. The van der Waals surface area contributed by atoms with E-state index >= 15 is 0 Å². The summed E-state index contributed by atoms with van der Waals surface area (Å²) in [4.78, 5) is 4.62. The van der Waals surface area contributed by atoms with Gasteiger partial charge in [-0.2, -0.15) is 0 Å². The molecule has 0 N–H and O–H groups in total. The fraction of sp³-hybridized carbons (Fsp3) is 0.133. The van der Waals surface area contributed by atoms with Crippen LogP contribution in [0.1, 0.15) is 18.1 Å². The van der Waals surface area contributed by atoms with Gasteiger partial charge in [-0.05, 0) is 23.6 Å². The maximum Gasteiger partial charge on any atom is 0.0649 e. The van der Waals surface area contributed by atoms with E-state index in [0.717, 1.165) is 12.3 Å². The average molecular weight is 207 g/mol. The van der Waals surface area contributed by atoms with Crippen LogP contribution in [0, 0.1) is 0 Å². The molecule has 0 spiro atoms. The zero-order chi connectivity index (χ0) is 11.0. The number of aliphatic imine (C=N–C) groups is 1. The Morgan fingerprint density at radius 2 is 1.44 bits per heavy atom. The van der Waals surface area contributed by atoms with Crippen molar-refractivity contribution < 1.29 is 0 Å². The van der Waals surface area contributed by atoms with Crippen molar-refractivity contribution in [3.8, 4) is 11.1 Å². The normalized spacial score (nSPS) is 13.4. The van der Waals surface area contributed by atoms with Crippen molar-refractivity contribution in [3.63, 3.8) is 0 Å². The molecule has 0 atom stereocenters. The molecule has 1 aliphatic rings. The molecule has 1 heteroatoms. The van der Waals surface area contributed by atoms with E-state index in [-0.39, 0.29) is 0 Å². The van der Waals surface area contributed by atoms with Crippen LogP contribution in [0.15, 0.2) is 53.5 Å². The van der Waals surface area contributed by atoms with Gasteiger partial charge in [0.1, 0.15) is 0 Å². The Hall–Kier alpha value is -1.89. The molecule has 1 aliphatic heterocycles. The molecule has 0 unspecified atom stereocenters. The van der Waals surface area contributed by atoms with Gasteiger partial charge < -0.3 is 0 Å². The van der Waals surface area contributed by atoms with Crippen molar-refractivity contribution in [1.29, 1.82) is 0 Å². The first-order chi connectivity index (χ1) is 7.86. The smallest absolute Gasteiger partial charge is 0.0649 e. The molecule has 0 aromatic heterocycles. The fourth-order valence-electron chi connectivity index (χ4n) is 2.24. The number of benzene rings is 2. The maximum atomic E-state index is 4.62. The standard InChI is InChI=1S/C15H13N/c1-11-13-7-4-5-9-15(13)14-8-3-2-6-12(14)10-16-11/h2-9H,10H2,1H3. The van der Waals surface area contributed by atoms with E-state index in [2.05, 4.69) is 60.4 Å². The van der Waals surface area contributed by atoms with Gasteiger partial charge in [0, 0.05) is 11.3 Å². The second-order valence-corrected chi connectivity index (χ2v) is 4.10. The van der Waals surface area contributed by atoms with Crippen molar-refractivity contribution in [2.75, 3.05) is 0 Å². The molecule has 78 valence electrons. The number of rotatable bonds is 0. The van der Waals surface area contributed by atoms with Crippen LogP contribution in [0.25, 0.3) is 11.1 Å². The Labute approximate surface area is 95.5 Å². The van der Waals surface area contributed by atoms with Crippen LogP contribution in [0.5, 0.6) is 0 Å². The molecule has 16 heavy (non-hydrogen) atoms. The van der Waals surface area contributed by atoms with Crippen LogP contribution in [-0.4, -0.2) is 5.71 Å². The van der Waals surface area contributed by atoms with Gasteiger partial charge in [0.2, 0.25) is 0 Å².